The van der Waals surface area contributed by atoms with Gasteiger partial charge in [0, 0.05) is 17.6 Å². The van der Waals surface area contributed by atoms with Gasteiger partial charge in [0.25, 0.3) is 0 Å². The lowest BCUT2D eigenvalue weighted by Gasteiger charge is -2.23. The number of hydrogen-bond acceptors (Lipinski definition) is 3. The molecule has 0 aliphatic carbocycles. The van der Waals surface area contributed by atoms with E-state index in [1.807, 2.05) is 6.07 Å². The minimum Gasteiger partial charge on any atom is -0.496 e. The van der Waals surface area contributed by atoms with Crippen molar-refractivity contribution in [1.82, 2.24) is 5.32 Å². The molecular weight excluding hydrogens is 374 g/mol. The number of nitrogens with one attached hydrogen (secondary N) is 1. The number of methoxy groups -OCH3 is 1. The summed E-state index contributed by atoms with van der Waals surface area (Å²) in [6.45, 7) is 5.07. The number of halogens is 2. The van der Waals surface area contributed by atoms with E-state index in [9.17, 15) is 0 Å². The fraction of sp³-hybridized carbons (Fsp3) is 0.571. The molecule has 1 heterocycles. The highest BCUT2D eigenvalue weighted by molar-refractivity contribution is 9.11. The first-order valence-corrected chi connectivity index (χ1v) is 8.08. The number of rotatable bonds is 3. The number of hydrogen-bond donors (Lipinski definition) is 1. The molecule has 1 aromatic rings. The van der Waals surface area contributed by atoms with Gasteiger partial charge in [0.05, 0.1) is 22.7 Å². The van der Waals surface area contributed by atoms with Crippen LogP contribution >= 0.6 is 31.9 Å². The maximum Gasteiger partial charge on any atom is 0.139 e. The third-order valence-electron chi connectivity index (χ3n) is 3.16. The van der Waals surface area contributed by atoms with E-state index in [-0.39, 0.29) is 6.04 Å². The zero-order valence-electron chi connectivity index (χ0n) is 11.4. The standard InChI is InChI=1S/C14H19Br2NO2/c1-8(2)17-10-5-4-6-19-14-9(15)7-11(18-3)13(16)12(10)14/h7-8,10,17H,4-6H2,1-3H3. The molecule has 1 aromatic carbocycles. The first-order valence-electron chi connectivity index (χ1n) is 6.49. The lowest BCUT2D eigenvalue weighted by Crippen LogP contribution is -2.28. The molecule has 0 saturated heterocycles. The molecule has 3 nitrogen and oxygen atoms in total. The van der Waals surface area contributed by atoms with Crippen LogP contribution in [-0.4, -0.2) is 19.8 Å². The number of benzene rings is 1. The zero-order valence-corrected chi connectivity index (χ0v) is 14.6. The van der Waals surface area contributed by atoms with Gasteiger partial charge in [-0.05, 0) is 50.8 Å². The van der Waals surface area contributed by atoms with Crippen LogP contribution in [0.5, 0.6) is 11.5 Å². The second kappa shape index (κ2) is 6.46. The van der Waals surface area contributed by atoms with Crippen molar-refractivity contribution in [2.45, 2.75) is 38.8 Å². The van der Waals surface area contributed by atoms with Crippen molar-refractivity contribution in [1.29, 1.82) is 0 Å². The lowest BCUT2D eigenvalue weighted by molar-refractivity contribution is 0.312. The van der Waals surface area contributed by atoms with E-state index in [0.717, 1.165) is 45.5 Å². The van der Waals surface area contributed by atoms with Crippen LogP contribution in [0, 0.1) is 0 Å². The highest BCUT2D eigenvalue weighted by Gasteiger charge is 2.27. The molecule has 1 atom stereocenters. The van der Waals surface area contributed by atoms with Gasteiger partial charge in [-0.15, -0.1) is 0 Å². The van der Waals surface area contributed by atoms with Crippen LogP contribution in [0.15, 0.2) is 15.0 Å². The van der Waals surface area contributed by atoms with Crippen LogP contribution in [0.3, 0.4) is 0 Å². The predicted molar refractivity (Wildman–Crippen MR) is 84.1 cm³/mol. The van der Waals surface area contributed by atoms with Crippen molar-refractivity contribution in [3.63, 3.8) is 0 Å². The second-order valence-corrected chi connectivity index (χ2v) is 6.63. The third-order valence-corrected chi connectivity index (χ3v) is 4.57. The molecule has 1 aliphatic heterocycles. The molecule has 0 bridgehead atoms. The second-order valence-electron chi connectivity index (χ2n) is 4.98. The molecule has 106 valence electrons. The highest BCUT2D eigenvalue weighted by atomic mass is 79.9. The molecule has 0 spiro atoms. The predicted octanol–water partition coefficient (Wildman–Crippen LogP) is 4.43. The van der Waals surface area contributed by atoms with E-state index in [1.54, 1.807) is 7.11 Å². The zero-order chi connectivity index (χ0) is 14.0. The smallest absolute Gasteiger partial charge is 0.139 e. The van der Waals surface area contributed by atoms with Gasteiger partial charge in [-0.3, -0.25) is 0 Å². The Kier molecular flexibility index (Phi) is 5.15. The van der Waals surface area contributed by atoms with Gasteiger partial charge in [-0.2, -0.15) is 0 Å². The van der Waals surface area contributed by atoms with E-state index in [2.05, 4.69) is 51.0 Å². The topological polar surface area (TPSA) is 30.5 Å². The molecule has 0 radical (unpaired) electrons. The normalized spacial score (nSPS) is 18.7. The summed E-state index contributed by atoms with van der Waals surface area (Å²) in [7, 11) is 1.68. The van der Waals surface area contributed by atoms with Crippen molar-refractivity contribution in [3.05, 3.63) is 20.6 Å². The fourth-order valence-electron chi connectivity index (χ4n) is 2.39. The van der Waals surface area contributed by atoms with Gasteiger partial charge in [0.2, 0.25) is 0 Å². The maximum absolute atomic E-state index is 5.90. The van der Waals surface area contributed by atoms with Crippen molar-refractivity contribution in [3.8, 4) is 11.5 Å². The van der Waals surface area contributed by atoms with Crippen LogP contribution in [0.25, 0.3) is 0 Å². The quantitative estimate of drug-likeness (QED) is 0.825. The van der Waals surface area contributed by atoms with E-state index < -0.39 is 0 Å². The summed E-state index contributed by atoms with van der Waals surface area (Å²) in [5.74, 6) is 1.75. The number of fused-ring (bicyclic) bond motifs is 1. The summed E-state index contributed by atoms with van der Waals surface area (Å²) in [4.78, 5) is 0. The monoisotopic (exact) mass is 391 g/mol. The Morgan fingerprint density at radius 1 is 1.42 bits per heavy atom. The van der Waals surface area contributed by atoms with Gasteiger partial charge in [0.1, 0.15) is 11.5 Å². The summed E-state index contributed by atoms with van der Waals surface area (Å²) < 4.78 is 13.2. The molecule has 19 heavy (non-hydrogen) atoms. The van der Waals surface area contributed by atoms with Crippen molar-refractivity contribution >= 4 is 31.9 Å². The molecule has 0 aromatic heterocycles. The van der Waals surface area contributed by atoms with Crippen LogP contribution < -0.4 is 14.8 Å². The Bertz CT molecular complexity index is 463. The largest absolute Gasteiger partial charge is 0.496 e. The lowest BCUT2D eigenvalue weighted by atomic mass is 10.0. The SMILES string of the molecule is COc1cc(Br)c2c(c1Br)C(NC(C)C)CCCO2. The summed E-state index contributed by atoms with van der Waals surface area (Å²) in [6, 6.07) is 2.65. The van der Waals surface area contributed by atoms with Crippen LogP contribution in [0.4, 0.5) is 0 Å². The average Bonchev–Trinajstić information content (AvgIpc) is 2.56. The van der Waals surface area contributed by atoms with Crippen LogP contribution in [-0.2, 0) is 0 Å². The van der Waals surface area contributed by atoms with Gasteiger partial charge >= 0.3 is 0 Å². The minimum atomic E-state index is 0.276. The number of ether oxygens (including phenoxy) is 2. The van der Waals surface area contributed by atoms with Crippen molar-refractivity contribution in [2.75, 3.05) is 13.7 Å². The Hall–Kier alpha value is -0.260. The van der Waals surface area contributed by atoms with Gasteiger partial charge < -0.3 is 14.8 Å². The van der Waals surface area contributed by atoms with Gasteiger partial charge in [0.15, 0.2) is 0 Å². The van der Waals surface area contributed by atoms with Crippen LogP contribution in [0.2, 0.25) is 0 Å². The summed E-state index contributed by atoms with van der Waals surface area (Å²) in [5, 5.41) is 3.61. The first-order chi connectivity index (χ1) is 9.04. The average molecular weight is 393 g/mol. The van der Waals surface area contributed by atoms with Crippen molar-refractivity contribution in [2.24, 2.45) is 0 Å². The fourth-order valence-corrected chi connectivity index (χ4v) is 3.66. The molecule has 1 aliphatic rings. The Balaban J connectivity index is 2.53. The molecule has 0 saturated carbocycles. The molecule has 5 heteroatoms. The van der Waals surface area contributed by atoms with Crippen LogP contribution in [0.1, 0.15) is 38.3 Å². The molecule has 0 amide bonds. The highest BCUT2D eigenvalue weighted by Crippen LogP contribution is 2.46. The van der Waals surface area contributed by atoms with E-state index in [4.69, 9.17) is 9.47 Å². The molecule has 2 rings (SSSR count). The molecule has 0 fully saturated rings. The minimum absolute atomic E-state index is 0.276. The van der Waals surface area contributed by atoms with Gasteiger partial charge in [-0.25, -0.2) is 0 Å². The van der Waals surface area contributed by atoms with E-state index in [1.165, 1.54) is 0 Å². The molecule has 1 unspecified atom stereocenters. The third kappa shape index (κ3) is 3.26. The summed E-state index contributed by atoms with van der Waals surface area (Å²) >= 11 is 7.24. The molecular formula is C14H19Br2NO2. The maximum atomic E-state index is 5.90. The van der Waals surface area contributed by atoms with E-state index in [0.29, 0.717) is 6.04 Å². The Morgan fingerprint density at radius 2 is 2.16 bits per heavy atom. The Morgan fingerprint density at radius 3 is 2.79 bits per heavy atom. The summed E-state index contributed by atoms with van der Waals surface area (Å²) in [5.41, 5.74) is 1.15. The van der Waals surface area contributed by atoms with Gasteiger partial charge in [-0.1, -0.05) is 13.8 Å². The molecule has 1 N–H and O–H groups in total. The van der Waals surface area contributed by atoms with E-state index >= 15 is 0 Å². The Labute approximate surface area is 131 Å². The van der Waals surface area contributed by atoms with Crippen molar-refractivity contribution < 1.29 is 9.47 Å². The first kappa shape index (κ1) is 15.1. The summed E-state index contributed by atoms with van der Waals surface area (Å²) in [6.07, 6.45) is 2.10.